The first-order valence-corrected chi connectivity index (χ1v) is 8.28. The summed E-state index contributed by atoms with van der Waals surface area (Å²) in [5.74, 6) is 2.64. The molecule has 0 bridgehead atoms. The second kappa shape index (κ2) is 5.08. The minimum Gasteiger partial charge on any atom is -0.130 e. The average molecular weight is 270 g/mol. The first-order valence-electron chi connectivity index (χ1n) is 7.70. The quantitative estimate of drug-likeness (QED) is 0.531. The smallest absolute Gasteiger partial charge is 0.00254 e. The van der Waals surface area contributed by atoms with Crippen LogP contribution < -0.4 is 0 Å². The standard InChI is InChI=1S/C17H35P/c1-12-9-10-14(11-13(12)2)17(18,15(3,4)5)16(6,7)8/h12-14H,9-11,18H2,1-8H3. The first kappa shape index (κ1) is 16.5. The van der Waals surface area contributed by atoms with E-state index in [0.29, 0.717) is 16.0 Å². The molecule has 0 spiro atoms. The lowest BCUT2D eigenvalue weighted by Crippen LogP contribution is -2.54. The Labute approximate surface area is 118 Å². The van der Waals surface area contributed by atoms with Gasteiger partial charge >= 0.3 is 0 Å². The summed E-state index contributed by atoms with van der Waals surface area (Å²) in [5.41, 5.74) is 0.668. The molecule has 18 heavy (non-hydrogen) atoms. The fraction of sp³-hybridized carbons (Fsp3) is 1.00. The fourth-order valence-corrected chi connectivity index (χ4v) is 4.61. The summed E-state index contributed by atoms with van der Waals surface area (Å²) in [4.78, 5) is 0. The molecule has 0 aromatic carbocycles. The maximum atomic E-state index is 3.30. The Bertz CT molecular complexity index is 265. The van der Waals surface area contributed by atoms with Gasteiger partial charge in [0.2, 0.25) is 0 Å². The third-order valence-corrected chi connectivity index (χ3v) is 7.93. The van der Waals surface area contributed by atoms with Crippen molar-refractivity contribution in [1.29, 1.82) is 0 Å². The Hall–Kier alpha value is 0.430. The maximum Gasteiger partial charge on any atom is -0.00254 e. The van der Waals surface area contributed by atoms with Crippen LogP contribution in [0.5, 0.6) is 0 Å². The predicted octanol–water partition coefficient (Wildman–Crippen LogP) is 5.76. The van der Waals surface area contributed by atoms with Gasteiger partial charge in [-0.15, -0.1) is 9.24 Å². The summed E-state index contributed by atoms with van der Waals surface area (Å²) in [6, 6.07) is 0. The molecular weight excluding hydrogens is 235 g/mol. The molecule has 0 aromatic heterocycles. The third kappa shape index (κ3) is 2.79. The molecule has 0 amide bonds. The zero-order valence-corrected chi connectivity index (χ0v) is 15.1. The Kier molecular flexibility index (Phi) is 4.65. The van der Waals surface area contributed by atoms with Gasteiger partial charge in [0.1, 0.15) is 0 Å². The molecule has 4 unspecified atom stereocenters. The van der Waals surface area contributed by atoms with Crippen molar-refractivity contribution in [3.05, 3.63) is 0 Å². The molecule has 1 heteroatoms. The zero-order chi connectivity index (χ0) is 14.4. The predicted molar refractivity (Wildman–Crippen MR) is 87.0 cm³/mol. The molecule has 0 N–H and O–H groups in total. The van der Waals surface area contributed by atoms with E-state index in [-0.39, 0.29) is 0 Å². The van der Waals surface area contributed by atoms with Gasteiger partial charge in [-0.2, -0.15) is 0 Å². The van der Waals surface area contributed by atoms with Crippen molar-refractivity contribution < 1.29 is 0 Å². The van der Waals surface area contributed by atoms with E-state index in [1.54, 1.807) is 0 Å². The van der Waals surface area contributed by atoms with E-state index in [4.69, 9.17) is 0 Å². The van der Waals surface area contributed by atoms with Crippen molar-refractivity contribution in [2.45, 2.75) is 79.8 Å². The van der Waals surface area contributed by atoms with E-state index in [2.05, 4.69) is 64.6 Å². The van der Waals surface area contributed by atoms with Crippen molar-refractivity contribution in [3.63, 3.8) is 0 Å². The zero-order valence-electron chi connectivity index (χ0n) is 13.9. The van der Waals surface area contributed by atoms with Gasteiger partial charge in [-0.25, -0.2) is 0 Å². The average Bonchev–Trinajstić information content (AvgIpc) is 2.17. The third-order valence-electron chi connectivity index (χ3n) is 5.72. The van der Waals surface area contributed by atoms with Gasteiger partial charge in [-0.3, -0.25) is 0 Å². The lowest BCUT2D eigenvalue weighted by atomic mass is 9.55. The monoisotopic (exact) mass is 270 g/mol. The normalized spacial score (nSPS) is 31.5. The van der Waals surface area contributed by atoms with Gasteiger partial charge in [0.15, 0.2) is 0 Å². The van der Waals surface area contributed by atoms with Crippen molar-refractivity contribution in [1.82, 2.24) is 0 Å². The summed E-state index contributed by atoms with van der Waals surface area (Å²) in [6.45, 7) is 19.4. The van der Waals surface area contributed by atoms with Crippen LogP contribution in [0.15, 0.2) is 0 Å². The van der Waals surface area contributed by atoms with E-state index in [1.807, 2.05) is 0 Å². The first-order chi connectivity index (χ1) is 7.91. The highest BCUT2D eigenvalue weighted by atomic mass is 31.0. The molecule has 0 heterocycles. The van der Waals surface area contributed by atoms with Gasteiger partial charge in [0, 0.05) is 0 Å². The van der Waals surface area contributed by atoms with Gasteiger partial charge in [-0.05, 0) is 46.6 Å². The summed E-state index contributed by atoms with van der Waals surface area (Å²) in [7, 11) is 3.30. The Morgan fingerprint density at radius 1 is 0.778 bits per heavy atom. The topological polar surface area (TPSA) is 0 Å². The lowest BCUT2D eigenvalue weighted by Gasteiger charge is -2.58. The Balaban J connectivity index is 3.07. The van der Waals surface area contributed by atoms with Crippen LogP contribution in [0.25, 0.3) is 0 Å². The molecule has 0 saturated heterocycles. The minimum absolute atomic E-state index is 0.328. The summed E-state index contributed by atoms with van der Waals surface area (Å²) in [6.07, 6.45) is 4.22. The van der Waals surface area contributed by atoms with E-state index < -0.39 is 0 Å². The van der Waals surface area contributed by atoms with Gasteiger partial charge < -0.3 is 0 Å². The van der Waals surface area contributed by atoms with Crippen LogP contribution in [-0.4, -0.2) is 5.16 Å². The maximum absolute atomic E-state index is 3.30. The highest BCUT2D eigenvalue weighted by molar-refractivity contribution is 7.19. The largest absolute Gasteiger partial charge is 0.130 e. The van der Waals surface area contributed by atoms with Crippen LogP contribution in [0.4, 0.5) is 0 Å². The summed E-state index contributed by atoms with van der Waals surface area (Å²) in [5, 5.41) is 0.328. The summed E-state index contributed by atoms with van der Waals surface area (Å²) >= 11 is 0. The van der Waals surface area contributed by atoms with E-state index >= 15 is 0 Å². The molecule has 1 rings (SSSR count). The van der Waals surface area contributed by atoms with Crippen molar-refractivity contribution >= 4 is 9.24 Å². The van der Waals surface area contributed by atoms with Crippen molar-refractivity contribution in [3.8, 4) is 0 Å². The lowest BCUT2D eigenvalue weighted by molar-refractivity contribution is 0.0379. The fourth-order valence-electron chi connectivity index (χ4n) is 4.31. The highest BCUT2D eigenvalue weighted by Crippen LogP contribution is 2.59. The Morgan fingerprint density at radius 2 is 1.22 bits per heavy atom. The van der Waals surface area contributed by atoms with E-state index in [1.165, 1.54) is 19.3 Å². The van der Waals surface area contributed by atoms with Crippen LogP contribution in [0, 0.1) is 28.6 Å². The molecule has 0 aliphatic heterocycles. The number of hydrogen-bond acceptors (Lipinski definition) is 0. The molecule has 1 aliphatic rings. The molecule has 0 nitrogen and oxygen atoms in total. The van der Waals surface area contributed by atoms with Crippen LogP contribution in [0.2, 0.25) is 0 Å². The molecule has 4 atom stereocenters. The van der Waals surface area contributed by atoms with Crippen LogP contribution in [-0.2, 0) is 0 Å². The molecule has 0 radical (unpaired) electrons. The number of rotatable bonds is 1. The molecule has 108 valence electrons. The molecular formula is C17H35P. The summed E-state index contributed by atoms with van der Waals surface area (Å²) < 4.78 is 0. The van der Waals surface area contributed by atoms with Crippen LogP contribution >= 0.6 is 9.24 Å². The number of hydrogen-bond donors (Lipinski definition) is 0. The van der Waals surface area contributed by atoms with Gasteiger partial charge in [-0.1, -0.05) is 61.8 Å². The second-order valence-corrected chi connectivity index (χ2v) is 9.74. The van der Waals surface area contributed by atoms with E-state index in [0.717, 1.165) is 17.8 Å². The molecule has 0 aromatic rings. The van der Waals surface area contributed by atoms with Crippen LogP contribution in [0.3, 0.4) is 0 Å². The SMILES string of the molecule is CC1CCC(C(P)(C(C)(C)C)C(C)(C)C)CC1C. The van der Waals surface area contributed by atoms with Gasteiger partial charge in [0.05, 0.1) is 0 Å². The molecule has 1 saturated carbocycles. The highest BCUT2D eigenvalue weighted by Gasteiger charge is 2.52. The molecule has 1 fully saturated rings. The molecule has 1 aliphatic carbocycles. The second-order valence-electron chi connectivity index (χ2n) is 8.83. The Morgan fingerprint density at radius 3 is 1.56 bits per heavy atom. The van der Waals surface area contributed by atoms with Crippen LogP contribution in [0.1, 0.15) is 74.7 Å². The van der Waals surface area contributed by atoms with E-state index in [9.17, 15) is 0 Å². The van der Waals surface area contributed by atoms with Crippen molar-refractivity contribution in [2.75, 3.05) is 0 Å². The van der Waals surface area contributed by atoms with Gasteiger partial charge in [0.25, 0.3) is 0 Å². The van der Waals surface area contributed by atoms with Crippen molar-refractivity contribution in [2.24, 2.45) is 28.6 Å². The minimum atomic E-state index is 0.328.